The number of carbonyl (C=O) groups excluding carboxylic acids is 1. The monoisotopic (exact) mass is 620 g/mol. The summed E-state index contributed by atoms with van der Waals surface area (Å²) < 4.78 is 2.39. The van der Waals surface area contributed by atoms with Crippen LogP contribution in [0.4, 0.5) is 11.4 Å². The molecule has 0 unspecified atom stereocenters. The molecule has 0 radical (unpaired) electrons. The van der Waals surface area contributed by atoms with Crippen molar-refractivity contribution >= 4 is 29.0 Å². The number of carboxylic acid groups (broad SMARTS) is 1. The predicted octanol–water partition coefficient (Wildman–Crippen LogP) is 8.42. The molecule has 2 aromatic carbocycles. The number of rotatable bonds is 10. The molecule has 6 nitrogen and oxygen atoms in total. The van der Waals surface area contributed by atoms with Crippen LogP contribution < -0.4 is 4.90 Å². The standard InChI is InChI=1S/C40H49N3O3/c1-8-41-33-20-12-10-18-31(33)39(4,5)35(41)25-23-29-16-14-17-30(38(29)43(28(3)44)27-15-22-37(45)46)24-26-36-40(6,7)32-19-11-13-21-34(32)42(36)9-2/h10-13,18-21,23-26H,8-9,14-17,22,27H2,1-7H3/p+1. The van der Waals surface area contributed by atoms with Crippen LogP contribution in [0.2, 0.25) is 0 Å². The van der Waals surface area contributed by atoms with E-state index >= 15 is 0 Å². The number of carbonyl (C=O) groups is 2. The molecule has 1 N–H and O–H groups in total. The molecule has 1 amide bonds. The van der Waals surface area contributed by atoms with Crippen LogP contribution >= 0.6 is 0 Å². The minimum Gasteiger partial charge on any atom is -0.481 e. The average molecular weight is 621 g/mol. The fraction of sp³-hybridized carbons (Fsp3) is 0.425. The molecular weight excluding hydrogens is 570 g/mol. The topological polar surface area (TPSA) is 63.9 Å². The molecule has 46 heavy (non-hydrogen) atoms. The molecule has 3 aliphatic rings. The summed E-state index contributed by atoms with van der Waals surface area (Å²) in [5.41, 5.74) is 10.5. The third-order valence-corrected chi connectivity index (χ3v) is 10.0. The van der Waals surface area contributed by atoms with Crippen molar-refractivity contribution in [3.8, 4) is 0 Å². The number of benzene rings is 2. The van der Waals surface area contributed by atoms with E-state index in [1.165, 1.54) is 33.9 Å². The quantitative estimate of drug-likeness (QED) is 0.271. The van der Waals surface area contributed by atoms with E-state index in [1.54, 1.807) is 6.92 Å². The van der Waals surface area contributed by atoms with Gasteiger partial charge in [0, 0.05) is 66.6 Å². The summed E-state index contributed by atoms with van der Waals surface area (Å²) >= 11 is 0. The van der Waals surface area contributed by atoms with Gasteiger partial charge in [-0.3, -0.25) is 9.59 Å². The molecule has 0 aromatic heterocycles. The van der Waals surface area contributed by atoms with Gasteiger partial charge in [0.05, 0.1) is 5.41 Å². The van der Waals surface area contributed by atoms with Gasteiger partial charge in [0.15, 0.2) is 5.71 Å². The Labute approximate surface area is 275 Å². The lowest BCUT2D eigenvalue weighted by Crippen LogP contribution is -2.32. The van der Waals surface area contributed by atoms with Crippen LogP contribution in [0.25, 0.3) is 0 Å². The van der Waals surface area contributed by atoms with Crippen molar-refractivity contribution in [3.05, 3.63) is 107 Å². The maximum Gasteiger partial charge on any atom is 0.303 e. The predicted molar refractivity (Wildman–Crippen MR) is 188 cm³/mol. The Kier molecular flexibility index (Phi) is 9.57. The molecule has 6 heteroatoms. The van der Waals surface area contributed by atoms with Crippen LogP contribution in [-0.2, 0) is 20.4 Å². The molecule has 2 heterocycles. The molecule has 1 aliphatic carbocycles. The molecule has 0 fully saturated rings. The van der Waals surface area contributed by atoms with E-state index in [9.17, 15) is 14.7 Å². The van der Waals surface area contributed by atoms with Crippen molar-refractivity contribution in [3.63, 3.8) is 0 Å². The number of hydrogen-bond donors (Lipinski definition) is 1. The van der Waals surface area contributed by atoms with Crippen molar-refractivity contribution < 1.29 is 19.3 Å². The highest BCUT2D eigenvalue weighted by Gasteiger charge is 2.43. The zero-order valence-electron chi connectivity index (χ0n) is 28.7. The van der Waals surface area contributed by atoms with Gasteiger partial charge in [-0.2, -0.15) is 4.58 Å². The second kappa shape index (κ2) is 13.3. The van der Waals surface area contributed by atoms with Gasteiger partial charge < -0.3 is 14.9 Å². The Bertz CT molecular complexity index is 1680. The first kappa shape index (κ1) is 33.2. The lowest BCUT2D eigenvalue weighted by molar-refractivity contribution is -0.433. The lowest BCUT2D eigenvalue weighted by atomic mass is 9.81. The Morgan fingerprint density at radius 1 is 0.935 bits per heavy atom. The first-order valence-electron chi connectivity index (χ1n) is 16.9. The van der Waals surface area contributed by atoms with Crippen molar-refractivity contribution in [2.75, 3.05) is 24.5 Å². The summed E-state index contributed by atoms with van der Waals surface area (Å²) in [6.45, 7) is 17.2. The van der Waals surface area contributed by atoms with Gasteiger partial charge in [-0.1, -0.05) is 62.4 Å². The number of aliphatic carboxylic acids is 1. The van der Waals surface area contributed by atoms with E-state index in [-0.39, 0.29) is 23.2 Å². The Balaban J connectivity index is 1.63. The van der Waals surface area contributed by atoms with Gasteiger partial charge in [0.25, 0.3) is 0 Å². The largest absolute Gasteiger partial charge is 0.481 e. The number of hydrogen-bond acceptors (Lipinski definition) is 3. The van der Waals surface area contributed by atoms with Gasteiger partial charge in [-0.25, -0.2) is 0 Å². The molecule has 0 atom stereocenters. The molecule has 5 rings (SSSR count). The van der Waals surface area contributed by atoms with Gasteiger partial charge >= 0.3 is 5.97 Å². The molecule has 2 aromatic rings. The van der Waals surface area contributed by atoms with Crippen LogP contribution in [0.15, 0.2) is 95.4 Å². The zero-order valence-corrected chi connectivity index (χ0v) is 28.7. The number of likely N-dealkylation sites (N-methyl/N-ethyl adjacent to an activating group) is 1. The number of para-hydroxylation sites is 2. The summed E-state index contributed by atoms with van der Waals surface area (Å²) in [5, 5.41) is 9.38. The Morgan fingerprint density at radius 3 is 2.30 bits per heavy atom. The van der Waals surface area contributed by atoms with E-state index in [1.807, 2.05) is 4.90 Å². The van der Waals surface area contributed by atoms with Crippen molar-refractivity contribution in [1.82, 2.24) is 4.90 Å². The number of amides is 1. The van der Waals surface area contributed by atoms with Gasteiger partial charge in [0.1, 0.15) is 6.54 Å². The van der Waals surface area contributed by atoms with Crippen molar-refractivity contribution in [2.24, 2.45) is 0 Å². The number of allylic oxidation sites excluding steroid dienone is 7. The van der Waals surface area contributed by atoms with Gasteiger partial charge in [-0.05, 0) is 82.2 Å². The number of nitrogens with zero attached hydrogens (tertiary/aromatic N) is 3. The molecule has 0 bridgehead atoms. The number of fused-ring (bicyclic) bond motifs is 2. The second-order valence-corrected chi connectivity index (χ2v) is 13.6. The van der Waals surface area contributed by atoms with Crippen LogP contribution in [0.5, 0.6) is 0 Å². The maximum absolute atomic E-state index is 13.3. The number of carboxylic acids is 1. The highest BCUT2D eigenvalue weighted by atomic mass is 16.4. The average Bonchev–Trinajstić information content (AvgIpc) is 3.39. The molecule has 242 valence electrons. The highest BCUT2D eigenvalue weighted by molar-refractivity contribution is 6.03. The summed E-state index contributed by atoms with van der Waals surface area (Å²) in [7, 11) is 0. The van der Waals surface area contributed by atoms with Crippen LogP contribution in [0.3, 0.4) is 0 Å². The van der Waals surface area contributed by atoms with E-state index < -0.39 is 5.97 Å². The number of anilines is 1. The Morgan fingerprint density at radius 2 is 1.63 bits per heavy atom. The molecular formula is C40H50N3O3+. The maximum atomic E-state index is 13.3. The van der Waals surface area contributed by atoms with Crippen molar-refractivity contribution in [1.29, 1.82) is 0 Å². The molecule has 0 saturated carbocycles. The zero-order chi connectivity index (χ0) is 33.2. The summed E-state index contributed by atoms with van der Waals surface area (Å²) in [4.78, 5) is 28.9. The van der Waals surface area contributed by atoms with Crippen LogP contribution in [0.1, 0.15) is 91.7 Å². The summed E-state index contributed by atoms with van der Waals surface area (Å²) in [6, 6.07) is 17.3. The highest BCUT2D eigenvalue weighted by Crippen LogP contribution is 2.48. The van der Waals surface area contributed by atoms with Crippen LogP contribution in [0, 0.1) is 0 Å². The van der Waals surface area contributed by atoms with E-state index in [4.69, 9.17) is 0 Å². The third kappa shape index (κ3) is 6.02. The van der Waals surface area contributed by atoms with Crippen molar-refractivity contribution in [2.45, 2.75) is 91.4 Å². The van der Waals surface area contributed by atoms with E-state index in [0.717, 1.165) is 49.2 Å². The summed E-state index contributed by atoms with van der Waals surface area (Å²) in [5.74, 6) is -0.907. The first-order valence-corrected chi connectivity index (χ1v) is 16.9. The minimum absolute atomic E-state index is 0.0269. The Hall–Kier alpha value is -4.19. The second-order valence-electron chi connectivity index (χ2n) is 13.6. The minimum atomic E-state index is -0.844. The van der Waals surface area contributed by atoms with Gasteiger partial charge in [0.2, 0.25) is 11.6 Å². The summed E-state index contributed by atoms with van der Waals surface area (Å²) in [6.07, 6.45) is 12.1. The molecule has 0 saturated heterocycles. The molecule has 2 aliphatic heterocycles. The molecule has 0 spiro atoms. The fourth-order valence-corrected chi connectivity index (χ4v) is 7.72. The van der Waals surface area contributed by atoms with Crippen LogP contribution in [-0.4, -0.2) is 51.8 Å². The first-order chi connectivity index (χ1) is 21.9. The fourth-order valence-electron chi connectivity index (χ4n) is 7.72. The van der Waals surface area contributed by atoms with E-state index in [2.05, 4.69) is 124 Å². The lowest BCUT2D eigenvalue weighted by Gasteiger charge is -2.32. The van der Waals surface area contributed by atoms with E-state index in [0.29, 0.717) is 13.0 Å². The smallest absolute Gasteiger partial charge is 0.303 e. The van der Waals surface area contributed by atoms with Gasteiger partial charge in [-0.15, -0.1) is 0 Å². The third-order valence-electron chi connectivity index (χ3n) is 10.0. The normalized spacial score (nSPS) is 20.2. The SMILES string of the molecule is CCN1/C(=C/C=C2\CCCC(/C=C/C3=[N+](CC)c4ccccc4C3(C)C)=C2N(CCCC(=O)O)C(C)=O)C(C)(C)c2ccccc21.